The summed E-state index contributed by atoms with van der Waals surface area (Å²) >= 11 is 1.51. The minimum absolute atomic E-state index is 0.130. The van der Waals surface area contributed by atoms with E-state index in [2.05, 4.69) is 0 Å². The molecule has 2 aromatic rings. The molecule has 0 N–H and O–H groups in total. The maximum atomic E-state index is 13.2. The van der Waals surface area contributed by atoms with Gasteiger partial charge in [0.15, 0.2) is 11.5 Å². The van der Waals surface area contributed by atoms with Crippen molar-refractivity contribution in [1.29, 1.82) is 0 Å². The highest BCUT2D eigenvalue weighted by atomic mass is 32.1. The first-order valence-electron chi connectivity index (χ1n) is 11.0. The minimum Gasteiger partial charge on any atom is -0.493 e. The van der Waals surface area contributed by atoms with Crippen molar-refractivity contribution in [2.75, 3.05) is 20.3 Å². The first-order chi connectivity index (χ1) is 14.7. The van der Waals surface area contributed by atoms with Crippen LogP contribution in [0.1, 0.15) is 60.2 Å². The Morgan fingerprint density at radius 2 is 1.97 bits per heavy atom. The molecule has 0 unspecified atom stereocenters. The van der Waals surface area contributed by atoms with Gasteiger partial charge in [0.25, 0.3) is 5.91 Å². The second-order valence-corrected chi connectivity index (χ2v) is 9.08. The van der Waals surface area contributed by atoms with E-state index in [0.29, 0.717) is 24.9 Å². The number of ether oxygens (including phenoxy) is 3. The van der Waals surface area contributed by atoms with Crippen LogP contribution >= 0.6 is 11.3 Å². The van der Waals surface area contributed by atoms with Crippen LogP contribution in [0.5, 0.6) is 11.5 Å². The molecule has 2 fully saturated rings. The summed E-state index contributed by atoms with van der Waals surface area (Å²) in [5, 5.41) is 1.96. The minimum atomic E-state index is 0.130. The number of carbonyl (C=O) groups excluding carboxylic acids is 1. The summed E-state index contributed by atoms with van der Waals surface area (Å²) in [6, 6.07) is 10.2. The van der Waals surface area contributed by atoms with E-state index < -0.39 is 0 Å². The molecule has 2 aliphatic rings. The Bertz CT molecular complexity index is 811. The Balaban J connectivity index is 1.46. The summed E-state index contributed by atoms with van der Waals surface area (Å²) < 4.78 is 17.4. The molecule has 1 aromatic heterocycles. The molecule has 1 saturated heterocycles. The lowest BCUT2D eigenvalue weighted by atomic mass is 10.1. The van der Waals surface area contributed by atoms with Crippen molar-refractivity contribution >= 4 is 17.2 Å². The van der Waals surface area contributed by atoms with Crippen LogP contribution < -0.4 is 9.47 Å². The number of thiophene rings is 1. The van der Waals surface area contributed by atoms with Crippen LogP contribution in [-0.2, 0) is 11.3 Å². The summed E-state index contributed by atoms with van der Waals surface area (Å²) in [4.78, 5) is 16.0. The van der Waals surface area contributed by atoms with Gasteiger partial charge in [0.05, 0.1) is 18.1 Å². The van der Waals surface area contributed by atoms with Gasteiger partial charge < -0.3 is 19.1 Å². The molecule has 4 rings (SSSR count). The molecule has 2 heterocycles. The van der Waals surface area contributed by atoms with Crippen molar-refractivity contribution in [3.05, 3.63) is 46.2 Å². The van der Waals surface area contributed by atoms with Crippen molar-refractivity contribution in [3.8, 4) is 11.5 Å². The number of benzene rings is 1. The van der Waals surface area contributed by atoms with E-state index in [0.717, 1.165) is 48.5 Å². The summed E-state index contributed by atoms with van der Waals surface area (Å²) in [6.07, 6.45) is 8.07. The fourth-order valence-electron chi connectivity index (χ4n) is 4.37. The van der Waals surface area contributed by atoms with E-state index in [1.54, 1.807) is 7.11 Å². The van der Waals surface area contributed by atoms with Crippen molar-refractivity contribution in [2.24, 2.45) is 0 Å². The molecule has 0 radical (unpaired) electrons. The normalized spacial score (nSPS) is 19.6. The number of hydrogen-bond donors (Lipinski definition) is 0. The van der Waals surface area contributed by atoms with E-state index in [-0.39, 0.29) is 12.0 Å². The molecule has 1 amide bonds. The topological polar surface area (TPSA) is 48.0 Å². The Labute approximate surface area is 182 Å². The van der Waals surface area contributed by atoms with Gasteiger partial charge in [-0.15, -0.1) is 11.3 Å². The quantitative estimate of drug-likeness (QED) is 0.572. The summed E-state index contributed by atoms with van der Waals surface area (Å²) in [6.45, 7) is 1.95. The molecule has 162 valence electrons. The number of nitrogens with zero attached hydrogens (tertiary/aromatic N) is 1. The largest absolute Gasteiger partial charge is 0.493 e. The lowest BCUT2D eigenvalue weighted by molar-refractivity contribution is -0.0114. The second kappa shape index (κ2) is 10.3. The standard InChI is InChI=1S/C24H31NO4S/c1-27-22-15-18(11-12-21(22)29-17-20-9-4-5-13-28-20)16-25(19-7-2-3-8-19)24(26)23-10-6-14-30-23/h6,10-12,14-15,19-20H,2-5,7-9,13,16-17H2,1H3/t20-/m0/s1. The fraction of sp³-hybridized carbons (Fsp3) is 0.542. The Hall–Kier alpha value is -2.05. The van der Waals surface area contributed by atoms with Crippen LogP contribution in [0.3, 0.4) is 0 Å². The molecular formula is C24H31NO4S. The van der Waals surface area contributed by atoms with E-state index >= 15 is 0 Å². The zero-order valence-electron chi connectivity index (χ0n) is 17.7. The second-order valence-electron chi connectivity index (χ2n) is 8.13. The van der Waals surface area contributed by atoms with Gasteiger partial charge in [-0.05, 0) is 61.2 Å². The van der Waals surface area contributed by atoms with Gasteiger partial charge in [0.2, 0.25) is 0 Å². The Morgan fingerprint density at radius 3 is 2.67 bits per heavy atom. The Kier molecular flexibility index (Phi) is 7.28. The van der Waals surface area contributed by atoms with Gasteiger partial charge in [-0.3, -0.25) is 4.79 Å². The average Bonchev–Trinajstić information content (AvgIpc) is 3.51. The van der Waals surface area contributed by atoms with E-state index in [9.17, 15) is 4.79 Å². The van der Waals surface area contributed by atoms with Crippen LogP contribution in [0.2, 0.25) is 0 Å². The van der Waals surface area contributed by atoms with Crippen LogP contribution in [-0.4, -0.2) is 43.3 Å². The fourth-order valence-corrected chi connectivity index (χ4v) is 5.05. The number of methoxy groups -OCH3 is 1. The maximum Gasteiger partial charge on any atom is 0.264 e. The highest BCUT2D eigenvalue weighted by Crippen LogP contribution is 2.32. The van der Waals surface area contributed by atoms with Crippen molar-refractivity contribution in [1.82, 2.24) is 4.90 Å². The zero-order valence-corrected chi connectivity index (χ0v) is 18.5. The smallest absolute Gasteiger partial charge is 0.264 e. The molecule has 30 heavy (non-hydrogen) atoms. The van der Waals surface area contributed by atoms with Crippen molar-refractivity contribution < 1.29 is 19.0 Å². The lowest BCUT2D eigenvalue weighted by Crippen LogP contribution is -2.37. The number of amides is 1. The third kappa shape index (κ3) is 5.16. The third-order valence-electron chi connectivity index (χ3n) is 6.04. The molecule has 6 heteroatoms. The summed E-state index contributed by atoms with van der Waals surface area (Å²) in [5.41, 5.74) is 1.06. The first kappa shape index (κ1) is 21.2. The average molecular weight is 430 g/mol. The molecule has 1 aliphatic heterocycles. The predicted octanol–water partition coefficient (Wildman–Crippen LogP) is 5.29. The van der Waals surface area contributed by atoms with Gasteiger partial charge in [0.1, 0.15) is 6.61 Å². The predicted molar refractivity (Wildman–Crippen MR) is 119 cm³/mol. The molecule has 1 atom stereocenters. The molecule has 0 spiro atoms. The lowest BCUT2D eigenvalue weighted by Gasteiger charge is -2.29. The summed E-state index contributed by atoms with van der Waals surface area (Å²) in [5.74, 6) is 1.57. The first-order valence-corrected chi connectivity index (χ1v) is 11.9. The summed E-state index contributed by atoms with van der Waals surface area (Å²) in [7, 11) is 1.66. The van der Waals surface area contributed by atoms with Gasteiger partial charge in [-0.1, -0.05) is 25.0 Å². The molecule has 1 saturated carbocycles. The maximum absolute atomic E-state index is 13.2. The van der Waals surface area contributed by atoms with Crippen LogP contribution in [0.4, 0.5) is 0 Å². The monoisotopic (exact) mass is 429 g/mol. The van der Waals surface area contributed by atoms with E-state index in [1.165, 1.54) is 30.6 Å². The van der Waals surface area contributed by atoms with Gasteiger partial charge in [-0.2, -0.15) is 0 Å². The third-order valence-corrected chi connectivity index (χ3v) is 6.90. The number of hydrogen-bond acceptors (Lipinski definition) is 5. The highest BCUT2D eigenvalue weighted by Gasteiger charge is 2.28. The van der Waals surface area contributed by atoms with Crippen LogP contribution in [0, 0.1) is 0 Å². The molecule has 1 aromatic carbocycles. The Morgan fingerprint density at radius 1 is 1.13 bits per heavy atom. The number of carbonyl (C=O) groups is 1. The van der Waals surface area contributed by atoms with Gasteiger partial charge >= 0.3 is 0 Å². The molecule has 0 bridgehead atoms. The SMILES string of the molecule is COc1cc(CN(C(=O)c2cccs2)C2CCCC2)ccc1OC[C@@H]1CCCCO1. The van der Waals surface area contributed by atoms with E-state index in [1.807, 2.05) is 40.6 Å². The van der Waals surface area contributed by atoms with Crippen molar-refractivity contribution in [2.45, 2.75) is 63.6 Å². The molecule has 1 aliphatic carbocycles. The molecule has 5 nitrogen and oxygen atoms in total. The van der Waals surface area contributed by atoms with Gasteiger partial charge in [0, 0.05) is 19.2 Å². The zero-order chi connectivity index (χ0) is 20.8. The van der Waals surface area contributed by atoms with Crippen molar-refractivity contribution in [3.63, 3.8) is 0 Å². The molecular weight excluding hydrogens is 398 g/mol. The van der Waals surface area contributed by atoms with Crippen LogP contribution in [0.15, 0.2) is 35.7 Å². The van der Waals surface area contributed by atoms with Gasteiger partial charge in [-0.25, -0.2) is 0 Å². The van der Waals surface area contributed by atoms with Crippen LogP contribution in [0.25, 0.3) is 0 Å². The highest BCUT2D eigenvalue weighted by molar-refractivity contribution is 7.12. The van der Waals surface area contributed by atoms with E-state index in [4.69, 9.17) is 14.2 Å². The number of rotatable bonds is 8.